The number of anilines is 1. The van der Waals surface area contributed by atoms with Gasteiger partial charge in [0.25, 0.3) is 0 Å². The molecule has 3 heterocycles. The maximum Gasteiger partial charge on any atom is 0.205 e. The van der Waals surface area contributed by atoms with Crippen LogP contribution in [0.1, 0.15) is 30.7 Å². The Morgan fingerprint density at radius 2 is 1.89 bits per heavy atom. The lowest BCUT2D eigenvalue weighted by Crippen LogP contribution is -2.21. The van der Waals surface area contributed by atoms with Crippen molar-refractivity contribution < 1.29 is 0 Å². The van der Waals surface area contributed by atoms with E-state index in [1.54, 1.807) is 23.1 Å². The van der Waals surface area contributed by atoms with E-state index in [4.69, 9.17) is 0 Å². The van der Waals surface area contributed by atoms with E-state index in [1.807, 2.05) is 6.92 Å². The largest absolute Gasteiger partial charge is 0.372 e. The molecule has 0 radical (unpaired) electrons. The van der Waals surface area contributed by atoms with Crippen molar-refractivity contribution in [2.24, 2.45) is 0 Å². The summed E-state index contributed by atoms with van der Waals surface area (Å²) in [6, 6.07) is 6.56. The number of benzene rings is 1. The van der Waals surface area contributed by atoms with Gasteiger partial charge < -0.3 is 4.90 Å². The molecule has 0 saturated carbocycles. The standard InChI is InChI=1S/C21H23N7/c1-5-27(6-2)17-8-7-16(14(3)11-17)12-18-15(4)26-28-20(18)24-25-21(28)19-13-22-9-10-23-19/h7-13H,5-6H2,1-4H3. The smallest absolute Gasteiger partial charge is 0.205 e. The highest BCUT2D eigenvalue weighted by Gasteiger charge is 2.15. The van der Waals surface area contributed by atoms with Gasteiger partial charge in [0.15, 0.2) is 5.65 Å². The first kappa shape index (κ1) is 18.0. The van der Waals surface area contributed by atoms with Crippen LogP contribution in [0.15, 0.2) is 36.8 Å². The molecule has 7 nitrogen and oxygen atoms in total. The van der Waals surface area contributed by atoms with Gasteiger partial charge in [-0.2, -0.15) is 9.61 Å². The zero-order valence-corrected chi connectivity index (χ0v) is 16.6. The molecular formula is C21H23N7. The SMILES string of the molecule is CCN(CC)c1ccc(C=c2c(C)nn3c(-c4cnccn4)nnc23)c(C)c1. The first-order chi connectivity index (χ1) is 13.6. The highest BCUT2D eigenvalue weighted by atomic mass is 15.4. The van der Waals surface area contributed by atoms with E-state index in [0.29, 0.717) is 11.5 Å². The Hall–Kier alpha value is -3.35. The van der Waals surface area contributed by atoms with E-state index in [9.17, 15) is 0 Å². The summed E-state index contributed by atoms with van der Waals surface area (Å²) >= 11 is 0. The Bertz CT molecular complexity index is 1160. The van der Waals surface area contributed by atoms with Gasteiger partial charge in [0.1, 0.15) is 5.69 Å². The van der Waals surface area contributed by atoms with Gasteiger partial charge in [0.2, 0.25) is 5.82 Å². The Morgan fingerprint density at radius 3 is 2.57 bits per heavy atom. The van der Waals surface area contributed by atoms with E-state index in [1.165, 1.54) is 11.3 Å². The summed E-state index contributed by atoms with van der Waals surface area (Å²) in [6.45, 7) is 10.5. The second-order valence-corrected chi connectivity index (χ2v) is 6.71. The summed E-state index contributed by atoms with van der Waals surface area (Å²) < 4.78 is 1.74. The Morgan fingerprint density at radius 1 is 1.07 bits per heavy atom. The first-order valence-corrected chi connectivity index (χ1v) is 9.47. The van der Waals surface area contributed by atoms with Gasteiger partial charge >= 0.3 is 0 Å². The third kappa shape index (κ3) is 3.09. The van der Waals surface area contributed by atoms with Crippen LogP contribution in [0.4, 0.5) is 5.69 Å². The fourth-order valence-electron chi connectivity index (χ4n) is 3.41. The molecule has 142 valence electrons. The third-order valence-electron chi connectivity index (χ3n) is 5.00. The van der Waals surface area contributed by atoms with Crippen molar-refractivity contribution in [2.45, 2.75) is 27.7 Å². The Kier molecular flexibility index (Phi) is 4.73. The van der Waals surface area contributed by atoms with Crippen molar-refractivity contribution in [1.29, 1.82) is 0 Å². The molecule has 0 spiro atoms. The lowest BCUT2D eigenvalue weighted by atomic mass is 10.1. The van der Waals surface area contributed by atoms with Crippen LogP contribution in [0.2, 0.25) is 0 Å². The predicted molar refractivity (Wildman–Crippen MR) is 110 cm³/mol. The molecule has 0 bridgehead atoms. The molecule has 0 atom stereocenters. The highest BCUT2D eigenvalue weighted by Crippen LogP contribution is 2.20. The quantitative estimate of drug-likeness (QED) is 0.535. The summed E-state index contributed by atoms with van der Waals surface area (Å²) in [5.74, 6) is 0.597. The molecule has 0 unspecified atom stereocenters. The molecule has 0 aliphatic heterocycles. The zero-order chi connectivity index (χ0) is 19.7. The number of hydrogen-bond donors (Lipinski definition) is 0. The van der Waals surface area contributed by atoms with Crippen molar-refractivity contribution in [1.82, 2.24) is 29.8 Å². The fourth-order valence-corrected chi connectivity index (χ4v) is 3.41. The second-order valence-electron chi connectivity index (χ2n) is 6.71. The second kappa shape index (κ2) is 7.34. The minimum Gasteiger partial charge on any atom is -0.372 e. The molecule has 4 rings (SSSR count). The third-order valence-corrected chi connectivity index (χ3v) is 5.00. The van der Waals surface area contributed by atoms with Gasteiger partial charge in [-0.15, -0.1) is 10.2 Å². The summed E-state index contributed by atoms with van der Waals surface area (Å²) in [6.07, 6.45) is 7.07. The van der Waals surface area contributed by atoms with Crippen molar-refractivity contribution in [3.8, 4) is 11.5 Å². The molecule has 0 saturated heterocycles. The lowest BCUT2D eigenvalue weighted by molar-refractivity contribution is 0.865. The first-order valence-electron chi connectivity index (χ1n) is 9.47. The number of hydrogen-bond acceptors (Lipinski definition) is 6. The molecule has 0 amide bonds. The number of aromatic nitrogens is 6. The minimum absolute atomic E-state index is 0.597. The number of nitrogens with zero attached hydrogens (tertiary/aromatic N) is 7. The normalized spacial score (nSPS) is 12.1. The van der Waals surface area contributed by atoms with Gasteiger partial charge in [-0.25, -0.2) is 4.98 Å². The Labute approximate surface area is 163 Å². The average Bonchev–Trinajstić information content (AvgIpc) is 3.24. The highest BCUT2D eigenvalue weighted by molar-refractivity contribution is 5.65. The molecule has 0 aliphatic rings. The molecule has 7 heteroatoms. The van der Waals surface area contributed by atoms with Crippen LogP contribution in [0.25, 0.3) is 23.2 Å². The minimum atomic E-state index is 0.597. The van der Waals surface area contributed by atoms with Crippen LogP contribution in [-0.4, -0.2) is 42.9 Å². The van der Waals surface area contributed by atoms with E-state index in [0.717, 1.165) is 35.2 Å². The van der Waals surface area contributed by atoms with Crippen LogP contribution < -0.4 is 10.1 Å². The van der Waals surface area contributed by atoms with E-state index in [-0.39, 0.29) is 0 Å². The van der Waals surface area contributed by atoms with Gasteiger partial charge in [-0.1, -0.05) is 6.07 Å². The monoisotopic (exact) mass is 373 g/mol. The van der Waals surface area contributed by atoms with Gasteiger partial charge in [0, 0.05) is 36.4 Å². The van der Waals surface area contributed by atoms with Crippen molar-refractivity contribution in [3.63, 3.8) is 0 Å². The number of fused-ring (bicyclic) bond motifs is 1. The van der Waals surface area contributed by atoms with Gasteiger partial charge in [-0.05, 0) is 57.0 Å². The Balaban J connectivity index is 1.81. The maximum atomic E-state index is 4.63. The molecule has 0 fully saturated rings. The van der Waals surface area contributed by atoms with Crippen LogP contribution in [0.5, 0.6) is 0 Å². The van der Waals surface area contributed by atoms with Crippen molar-refractivity contribution >= 4 is 17.4 Å². The molecule has 0 N–H and O–H groups in total. The number of rotatable bonds is 5. The van der Waals surface area contributed by atoms with Crippen LogP contribution in [0.3, 0.4) is 0 Å². The number of aryl methyl sites for hydroxylation is 2. The van der Waals surface area contributed by atoms with E-state index >= 15 is 0 Å². The van der Waals surface area contributed by atoms with Gasteiger partial charge in [0.05, 0.1) is 11.9 Å². The van der Waals surface area contributed by atoms with Gasteiger partial charge in [-0.3, -0.25) is 4.98 Å². The summed E-state index contributed by atoms with van der Waals surface area (Å²) in [7, 11) is 0. The summed E-state index contributed by atoms with van der Waals surface area (Å²) in [5.41, 5.74) is 5.90. The van der Waals surface area contributed by atoms with Crippen LogP contribution in [0, 0.1) is 13.8 Å². The molecule has 4 aromatic rings. The summed E-state index contributed by atoms with van der Waals surface area (Å²) in [5, 5.41) is 14.2. The van der Waals surface area contributed by atoms with E-state index in [2.05, 4.69) is 75.2 Å². The molecule has 28 heavy (non-hydrogen) atoms. The van der Waals surface area contributed by atoms with Crippen LogP contribution >= 0.6 is 0 Å². The topological polar surface area (TPSA) is 72.1 Å². The predicted octanol–water partition coefficient (Wildman–Crippen LogP) is 2.59. The molecule has 3 aromatic heterocycles. The molecule has 1 aromatic carbocycles. The van der Waals surface area contributed by atoms with Crippen molar-refractivity contribution in [3.05, 3.63) is 58.8 Å². The van der Waals surface area contributed by atoms with E-state index < -0.39 is 0 Å². The molecule has 0 aliphatic carbocycles. The summed E-state index contributed by atoms with van der Waals surface area (Å²) in [4.78, 5) is 10.8. The van der Waals surface area contributed by atoms with Crippen LogP contribution in [-0.2, 0) is 0 Å². The zero-order valence-electron chi connectivity index (χ0n) is 16.6. The molecular weight excluding hydrogens is 350 g/mol. The lowest BCUT2D eigenvalue weighted by Gasteiger charge is -2.21. The average molecular weight is 373 g/mol. The van der Waals surface area contributed by atoms with Crippen molar-refractivity contribution in [2.75, 3.05) is 18.0 Å². The maximum absolute atomic E-state index is 4.63. The fraction of sp³-hybridized carbons (Fsp3) is 0.286.